The Morgan fingerprint density at radius 1 is 0.561 bits per heavy atom. The molecular formula is C34H33FO6. The maximum Gasteiger partial charge on any atom is 0.338 e. The molecule has 0 N–H and O–H groups in total. The first kappa shape index (κ1) is 30.6. The first-order valence-corrected chi connectivity index (χ1v) is 12.8. The molecule has 212 valence electrons. The Bertz CT molecular complexity index is 1540. The smallest absolute Gasteiger partial charge is 0.338 e. The van der Waals surface area contributed by atoms with Gasteiger partial charge in [0.25, 0.3) is 0 Å². The van der Waals surface area contributed by atoms with Crippen LogP contribution in [-0.4, -0.2) is 11.9 Å². The molecule has 0 bridgehead atoms. The molecule has 7 heteroatoms. The summed E-state index contributed by atoms with van der Waals surface area (Å²) in [4.78, 5) is 23.4. The largest absolute Gasteiger partial charge is 0.459 e. The Hall–Kier alpha value is -4.91. The summed E-state index contributed by atoms with van der Waals surface area (Å²) in [7, 11) is 0. The van der Waals surface area contributed by atoms with Crippen LogP contribution in [0.2, 0.25) is 0 Å². The van der Waals surface area contributed by atoms with Gasteiger partial charge in [-0.1, -0.05) is 49.6 Å². The molecule has 41 heavy (non-hydrogen) atoms. The van der Waals surface area contributed by atoms with Crippen LogP contribution in [0.25, 0.3) is 22.3 Å². The highest BCUT2D eigenvalue weighted by molar-refractivity contribution is 5.88. The number of esters is 2. The van der Waals surface area contributed by atoms with Crippen LogP contribution < -0.4 is 9.47 Å². The van der Waals surface area contributed by atoms with Crippen molar-refractivity contribution in [3.8, 4) is 33.8 Å². The molecule has 0 aliphatic rings. The van der Waals surface area contributed by atoms with Crippen molar-refractivity contribution in [1.82, 2.24) is 0 Å². The molecule has 3 aromatic carbocycles. The molecule has 0 saturated heterocycles. The van der Waals surface area contributed by atoms with Gasteiger partial charge in [0, 0.05) is 16.7 Å². The van der Waals surface area contributed by atoms with Crippen LogP contribution in [0.5, 0.6) is 11.5 Å². The fourth-order valence-electron chi connectivity index (χ4n) is 3.44. The summed E-state index contributed by atoms with van der Waals surface area (Å²) in [5.41, 5.74) is 3.23. The van der Waals surface area contributed by atoms with Gasteiger partial charge in [-0.3, -0.25) is 0 Å². The Morgan fingerprint density at radius 2 is 0.951 bits per heavy atom. The molecular weight excluding hydrogens is 523 g/mol. The molecule has 3 rings (SSSR count). The number of carbonyl (C=O) groups is 2. The van der Waals surface area contributed by atoms with Gasteiger partial charge in [-0.2, -0.15) is 0 Å². The monoisotopic (exact) mass is 556 g/mol. The Morgan fingerprint density at radius 3 is 1.34 bits per heavy atom. The van der Waals surface area contributed by atoms with Crippen molar-refractivity contribution < 1.29 is 32.9 Å². The second-order valence-corrected chi connectivity index (χ2v) is 9.51. The molecule has 6 nitrogen and oxygen atoms in total. The van der Waals surface area contributed by atoms with Gasteiger partial charge in [-0.05, 0) is 88.6 Å². The molecule has 0 fully saturated rings. The number of halogens is 1. The average Bonchev–Trinajstić information content (AvgIpc) is 2.93. The molecule has 0 aromatic heterocycles. The molecule has 0 spiro atoms. The molecule has 0 amide bonds. The molecule has 0 atom stereocenters. The van der Waals surface area contributed by atoms with E-state index in [9.17, 15) is 9.59 Å². The lowest BCUT2D eigenvalue weighted by molar-refractivity contribution is -0.136. The zero-order valence-corrected chi connectivity index (χ0v) is 24.1. The molecule has 0 unspecified atom stereocenters. The maximum absolute atomic E-state index is 15.2. The van der Waals surface area contributed by atoms with Crippen molar-refractivity contribution in [2.75, 3.05) is 0 Å². The van der Waals surface area contributed by atoms with Crippen molar-refractivity contribution in [1.29, 1.82) is 0 Å². The molecule has 0 aliphatic heterocycles. The van der Waals surface area contributed by atoms with Crippen molar-refractivity contribution in [2.45, 2.75) is 41.5 Å². The summed E-state index contributed by atoms with van der Waals surface area (Å²) in [6, 6.07) is 19.2. The number of benzene rings is 3. The first-order chi connectivity index (χ1) is 19.3. The van der Waals surface area contributed by atoms with Crippen LogP contribution >= 0.6 is 0 Å². The van der Waals surface area contributed by atoms with E-state index in [-0.39, 0.29) is 5.82 Å². The summed E-state index contributed by atoms with van der Waals surface area (Å²) in [5, 5.41) is 0. The Labute approximate surface area is 240 Å². The van der Waals surface area contributed by atoms with Gasteiger partial charge in [-0.15, -0.1) is 0 Å². The highest BCUT2D eigenvalue weighted by Gasteiger charge is 2.12. The van der Waals surface area contributed by atoms with E-state index < -0.39 is 11.9 Å². The highest BCUT2D eigenvalue weighted by atomic mass is 19.1. The van der Waals surface area contributed by atoms with E-state index >= 15 is 4.39 Å². The zero-order chi connectivity index (χ0) is 30.3. The van der Waals surface area contributed by atoms with E-state index in [4.69, 9.17) is 18.9 Å². The van der Waals surface area contributed by atoms with E-state index in [1.54, 1.807) is 84.0 Å². The van der Waals surface area contributed by atoms with Crippen LogP contribution in [0.4, 0.5) is 4.39 Å². The summed E-state index contributed by atoms with van der Waals surface area (Å²) in [6.07, 6.45) is 0. The second-order valence-electron chi connectivity index (χ2n) is 9.51. The maximum atomic E-state index is 15.2. The molecule has 3 aromatic rings. The lowest BCUT2D eigenvalue weighted by Crippen LogP contribution is -2.06. The van der Waals surface area contributed by atoms with Gasteiger partial charge in [0.15, 0.2) is 0 Å². The van der Waals surface area contributed by atoms with Crippen molar-refractivity contribution in [3.05, 3.63) is 120 Å². The summed E-state index contributed by atoms with van der Waals surface area (Å²) < 4.78 is 37.1. The minimum atomic E-state index is -0.523. The number of carbonyl (C=O) groups excluding carboxylic acids is 2. The fraction of sp³-hybridized carbons (Fsp3) is 0.176. The van der Waals surface area contributed by atoms with Crippen LogP contribution in [0.1, 0.15) is 41.5 Å². The SMILES string of the molecule is C=C(C)C(=O)O/C(C)=C(\C)Oc1ccc(-c2ccc(-c3ccc(O/C(C)=C(\C)OC(=O)C(=C)C)cc3)c(F)c2)cc1. The van der Waals surface area contributed by atoms with Gasteiger partial charge in [-0.25, -0.2) is 14.0 Å². The summed E-state index contributed by atoms with van der Waals surface area (Å²) in [5.74, 6) is 1.18. The first-order valence-electron chi connectivity index (χ1n) is 12.8. The minimum Gasteiger partial charge on any atom is -0.459 e. The van der Waals surface area contributed by atoms with E-state index in [1.165, 1.54) is 6.07 Å². The van der Waals surface area contributed by atoms with E-state index in [0.717, 1.165) is 5.56 Å². The third-order valence-corrected chi connectivity index (χ3v) is 6.04. The van der Waals surface area contributed by atoms with Crippen molar-refractivity contribution >= 4 is 11.9 Å². The predicted octanol–water partition coefficient (Wildman–Crippen LogP) is 8.66. The third kappa shape index (κ3) is 8.29. The van der Waals surface area contributed by atoms with Gasteiger partial charge in [0.2, 0.25) is 0 Å². The molecule has 0 radical (unpaired) electrons. The number of ether oxygens (including phenoxy) is 4. The highest BCUT2D eigenvalue weighted by Crippen LogP contribution is 2.31. The number of hydrogen-bond donors (Lipinski definition) is 0. The average molecular weight is 557 g/mol. The molecule has 0 aliphatic carbocycles. The lowest BCUT2D eigenvalue weighted by atomic mass is 9.99. The van der Waals surface area contributed by atoms with Crippen LogP contribution in [-0.2, 0) is 19.1 Å². The second kappa shape index (κ2) is 13.4. The van der Waals surface area contributed by atoms with Crippen molar-refractivity contribution in [2.24, 2.45) is 0 Å². The number of allylic oxidation sites excluding steroid dienone is 4. The zero-order valence-electron chi connectivity index (χ0n) is 24.1. The fourth-order valence-corrected chi connectivity index (χ4v) is 3.44. The lowest BCUT2D eigenvalue weighted by Gasteiger charge is -2.12. The quantitative estimate of drug-likeness (QED) is 0.141. The van der Waals surface area contributed by atoms with Crippen LogP contribution in [0.3, 0.4) is 0 Å². The summed E-state index contributed by atoms with van der Waals surface area (Å²) in [6.45, 7) is 16.9. The minimum absolute atomic E-state index is 0.291. The van der Waals surface area contributed by atoms with Crippen LogP contribution in [0, 0.1) is 5.82 Å². The van der Waals surface area contributed by atoms with E-state index in [1.807, 2.05) is 18.2 Å². The van der Waals surface area contributed by atoms with Gasteiger partial charge < -0.3 is 18.9 Å². The number of rotatable bonds is 10. The van der Waals surface area contributed by atoms with E-state index in [2.05, 4.69) is 13.2 Å². The normalized spacial score (nSPS) is 12.0. The van der Waals surface area contributed by atoms with Gasteiger partial charge in [0.1, 0.15) is 40.4 Å². The Kier molecular flexibility index (Phi) is 10.0. The summed E-state index contributed by atoms with van der Waals surface area (Å²) >= 11 is 0. The van der Waals surface area contributed by atoms with Crippen LogP contribution in [0.15, 0.2) is 114 Å². The predicted molar refractivity (Wildman–Crippen MR) is 157 cm³/mol. The van der Waals surface area contributed by atoms with E-state index in [0.29, 0.717) is 62.4 Å². The Balaban J connectivity index is 1.70. The third-order valence-electron chi connectivity index (χ3n) is 6.04. The standard InChI is InChI=1S/C34H33FO6/c1-20(2)33(36)40-24(7)22(5)38-29-14-9-26(10-15-29)28-13-18-31(32(35)19-28)27-11-16-30(17-12-27)39-23(6)25(8)41-34(37)21(3)4/h9-19H,1,3H2,2,4-8H3/b24-22+,25-23+. The van der Waals surface area contributed by atoms with Gasteiger partial charge >= 0.3 is 11.9 Å². The van der Waals surface area contributed by atoms with Gasteiger partial charge in [0.05, 0.1) is 0 Å². The molecule has 0 saturated carbocycles. The van der Waals surface area contributed by atoms with Crippen molar-refractivity contribution in [3.63, 3.8) is 0 Å². The molecule has 0 heterocycles. The topological polar surface area (TPSA) is 71.1 Å². The number of hydrogen-bond acceptors (Lipinski definition) is 6.